The fourth-order valence-electron chi connectivity index (χ4n) is 0.939. The summed E-state index contributed by atoms with van der Waals surface area (Å²) in [7, 11) is -3.34. The summed E-state index contributed by atoms with van der Waals surface area (Å²) in [6.45, 7) is 0.537. The normalized spacial score (nSPS) is 16.4. The summed E-state index contributed by atoms with van der Waals surface area (Å²) in [5, 5.41) is 11.5. The van der Waals surface area contributed by atoms with Gasteiger partial charge in [-0.1, -0.05) is 0 Å². The second-order valence-corrected chi connectivity index (χ2v) is 5.54. The Balaban J connectivity index is 2.00. The second kappa shape index (κ2) is 4.90. The molecule has 1 saturated carbocycles. The van der Waals surface area contributed by atoms with Crippen LogP contribution in [0.25, 0.3) is 0 Å². The van der Waals surface area contributed by atoms with Crippen molar-refractivity contribution in [3.05, 3.63) is 0 Å². The molecule has 0 aromatic heterocycles. The summed E-state index contributed by atoms with van der Waals surface area (Å²) in [6, 6.07) is 0.522. The van der Waals surface area contributed by atoms with E-state index >= 15 is 0 Å². The van der Waals surface area contributed by atoms with Gasteiger partial charge in [0.25, 0.3) is 0 Å². The van der Waals surface area contributed by atoms with Crippen LogP contribution in [0.2, 0.25) is 0 Å². The van der Waals surface area contributed by atoms with E-state index < -0.39 is 10.0 Å². The van der Waals surface area contributed by atoms with E-state index in [0.29, 0.717) is 24.1 Å². The zero-order valence-corrected chi connectivity index (χ0v) is 9.46. The minimum atomic E-state index is -3.34. The first-order valence-electron chi connectivity index (χ1n) is 4.52. The Morgan fingerprint density at radius 2 is 2.14 bits per heavy atom. The van der Waals surface area contributed by atoms with Gasteiger partial charge < -0.3 is 10.6 Å². The smallest absolute Gasteiger partial charge is 0.209 e. The highest BCUT2D eigenvalue weighted by molar-refractivity contribution is 7.89. The van der Waals surface area contributed by atoms with Gasteiger partial charge in [-0.05, 0) is 31.5 Å². The van der Waals surface area contributed by atoms with Crippen LogP contribution in [0.15, 0.2) is 0 Å². The monoisotopic (exact) mass is 237 g/mol. The topological polar surface area (TPSA) is 84.2 Å². The molecule has 1 aliphatic carbocycles. The van der Waals surface area contributed by atoms with Gasteiger partial charge in [-0.2, -0.15) is 0 Å². The molecule has 0 bridgehead atoms. The van der Waals surface area contributed by atoms with Crippen LogP contribution < -0.4 is 15.8 Å². The van der Waals surface area contributed by atoms with Crippen molar-refractivity contribution in [1.29, 1.82) is 0 Å². The lowest BCUT2D eigenvalue weighted by molar-refractivity contribution is 0.594. The number of thiocarbonyl (C=S) groups is 1. The molecule has 1 rings (SSSR count). The van der Waals surface area contributed by atoms with Crippen LogP contribution in [0.4, 0.5) is 0 Å². The van der Waals surface area contributed by atoms with E-state index in [9.17, 15) is 8.42 Å². The van der Waals surface area contributed by atoms with Crippen molar-refractivity contribution in [2.75, 3.05) is 12.3 Å². The van der Waals surface area contributed by atoms with Crippen LogP contribution in [-0.4, -0.2) is 31.9 Å². The van der Waals surface area contributed by atoms with Crippen molar-refractivity contribution in [1.82, 2.24) is 10.6 Å². The first-order chi connectivity index (χ1) is 6.47. The molecule has 0 aliphatic heterocycles. The maximum Gasteiger partial charge on any atom is 0.209 e. The molecule has 0 saturated heterocycles. The number of rotatable bonds is 5. The molecular formula is C7H15N3O2S2. The van der Waals surface area contributed by atoms with E-state index in [-0.39, 0.29) is 5.75 Å². The van der Waals surface area contributed by atoms with Gasteiger partial charge in [-0.3, -0.25) is 0 Å². The third-order valence-corrected chi connectivity index (χ3v) is 2.92. The highest BCUT2D eigenvalue weighted by atomic mass is 32.2. The van der Waals surface area contributed by atoms with Crippen LogP contribution in [0.5, 0.6) is 0 Å². The van der Waals surface area contributed by atoms with Crippen molar-refractivity contribution in [2.45, 2.75) is 25.3 Å². The van der Waals surface area contributed by atoms with Crippen LogP contribution in [0.1, 0.15) is 19.3 Å². The van der Waals surface area contributed by atoms with E-state index in [1.807, 2.05) is 0 Å². The van der Waals surface area contributed by atoms with Crippen molar-refractivity contribution in [3.63, 3.8) is 0 Å². The number of hydrogen-bond donors (Lipinski definition) is 3. The summed E-state index contributed by atoms with van der Waals surface area (Å²) in [4.78, 5) is 0. The number of primary sulfonamides is 1. The van der Waals surface area contributed by atoms with E-state index in [2.05, 4.69) is 10.6 Å². The van der Waals surface area contributed by atoms with E-state index in [4.69, 9.17) is 17.4 Å². The molecule has 7 heteroatoms. The largest absolute Gasteiger partial charge is 0.363 e. The van der Waals surface area contributed by atoms with Crippen LogP contribution in [0.3, 0.4) is 0 Å². The summed E-state index contributed by atoms with van der Waals surface area (Å²) in [5.41, 5.74) is 0. The maximum atomic E-state index is 10.6. The first kappa shape index (κ1) is 11.7. The molecule has 5 nitrogen and oxygen atoms in total. The Bertz CT molecular complexity index is 298. The fourth-order valence-corrected chi connectivity index (χ4v) is 1.75. The zero-order valence-electron chi connectivity index (χ0n) is 7.82. The van der Waals surface area contributed by atoms with Crippen LogP contribution in [-0.2, 0) is 10.0 Å². The van der Waals surface area contributed by atoms with E-state index in [1.165, 1.54) is 12.8 Å². The lowest BCUT2D eigenvalue weighted by Crippen LogP contribution is -2.37. The van der Waals surface area contributed by atoms with Crippen molar-refractivity contribution >= 4 is 27.4 Å². The Hall–Kier alpha value is -0.400. The maximum absolute atomic E-state index is 10.6. The predicted molar refractivity (Wildman–Crippen MR) is 59.3 cm³/mol. The van der Waals surface area contributed by atoms with Gasteiger partial charge in [-0.25, -0.2) is 13.6 Å². The highest BCUT2D eigenvalue weighted by Gasteiger charge is 2.21. The summed E-state index contributed by atoms with van der Waals surface area (Å²) >= 11 is 4.97. The molecule has 1 fully saturated rings. The van der Waals surface area contributed by atoms with Crippen LogP contribution in [0, 0.1) is 0 Å². The molecule has 1 aliphatic rings. The Kier molecular flexibility index (Phi) is 4.09. The SMILES string of the molecule is NS(=O)(=O)CCCNC(=S)NC1CC1. The molecule has 4 N–H and O–H groups in total. The Morgan fingerprint density at radius 3 is 2.64 bits per heavy atom. The summed E-state index contributed by atoms with van der Waals surface area (Å²) in [5.74, 6) is -0.00789. The van der Waals surface area contributed by atoms with Crippen molar-refractivity contribution in [3.8, 4) is 0 Å². The molecule has 0 aromatic carbocycles. The van der Waals surface area contributed by atoms with E-state index in [1.54, 1.807) is 0 Å². The summed E-state index contributed by atoms with van der Waals surface area (Å²) < 4.78 is 21.1. The minimum absolute atomic E-state index is 0.00789. The third kappa shape index (κ3) is 6.11. The fraction of sp³-hybridized carbons (Fsp3) is 0.857. The zero-order chi connectivity index (χ0) is 10.6. The van der Waals surface area contributed by atoms with Gasteiger partial charge in [0.1, 0.15) is 0 Å². The predicted octanol–water partition coefficient (Wildman–Crippen LogP) is -0.708. The molecule has 0 unspecified atom stereocenters. The molecule has 14 heavy (non-hydrogen) atoms. The van der Waals surface area contributed by atoms with Gasteiger partial charge in [0.05, 0.1) is 5.75 Å². The van der Waals surface area contributed by atoms with Crippen molar-refractivity contribution < 1.29 is 8.42 Å². The number of nitrogens with two attached hydrogens (primary N) is 1. The lowest BCUT2D eigenvalue weighted by Gasteiger charge is -2.08. The Morgan fingerprint density at radius 1 is 1.50 bits per heavy atom. The highest BCUT2D eigenvalue weighted by Crippen LogP contribution is 2.18. The number of hydrogen-bond acceptors (Lipinski definition) is 3. The minimum Gasteiger partial charge on any atom is -0.363 e. The van der Waals surface area contributed by atoms with Crippen molar-refractivity contribution in [2.24, 2.45) is 5.14 Å². The molecule has 82 valence electrons. The van der Waals surface area contributed by atoms with Gasteiger partial charge in [0, 0.05) is 12.6 Å². The Labute approximate surface area is 89.5 Å². The van der Waals surface area contributed by atoms with E-state index in [0.717, 1.165) is 0 Å². The second-order valence-electron chi connectivity index (χ2n) is 3.40. The van der Waals surface area contributed by atoms with Gasteiger partial charge in [0.15, 0.2) is 5.11 Å². The number of nitrogens with one attached hydrogen (secondary N) is 2. The first-order valence-corrected chi connectivity index (χ1v) is 6.64. The summed E-state index contributed by atoms with van der Waals surface area (Å²) in [6.07, 6.45) is 2.81. The molecule has 0 radical (unpaired) electrons. The van der Waals surface area contributed by atoms with Gasteiger partial charge in [-0.15, -0.1) is 0 Å². The average Bonchev–Trinajstić information content (AvgIpc) is 2.80. The molecular weight excluding hydrogens is 222 g/mol. The average molecular weight is 237 g/mol. The van der Waals surface area contributed by atoms with Crippen LogP contribution >= 0.6 is 12.2 Å². The molecule has 0 amide bonds. The number of sulfonamides is 1. The molecule has 0 spiro atoms. The quantitative estimate of drug-likeness (QED) is 0.434. The molecule has 0 heterocycles. The van der Waals surface area contributed by atoms with Gasteiger partial charge >= 0.3 is 0 Å². The van der Waals surface area contributed by atoms with Gasteiger partial charge in [0.2, 0.25) is 10.0 Å². The third-order valence-electron chi connectivity index (χ3n) is 1.80. The molecule has 0 atom stereocenters. The lowest BCUT2D eigenvalue weighted by atomic mass is 10.5. The standard InChI is InChI=1S/C7H15N3O2S2/c8-14(11,12)5-1-4-9-7(13)10-6-2-3-6/h6H,1-5H2,(H2,8,11,12)(H2,9,10,13). The molecule has 0 aromatic rings.